The minimum Gasteiger partial charge on any atom is -0.348 e. The Bertz CT molecular complexity index is 1140. The first-order chi connectivity index (χ1) is 17.1. The molecule has 4 fully saturated rings. The smallest absolute Gasteiger partial charge is 0.241 e. The molecule has 6 rings (SSSR count). The fraction of sp³-hybridized carbons (Fsp3) is 0.567. The number of anilines is 1. The van der Waals surface area contributed by atoms with Crippen molar-refractivity contribution in [1.29, 1.82) is 0 Å². The molecule has 4 saturated carbocycles. The van der Waals surface area contributed by atoms with Gasteiger partial charge in [-0.2, -0.15) is 0 Å². The van der Waals surface area contributed by atoms with Crippen molar-refractivity contribution in [3.8, 4) is 0 Å². The summed E-state index contributed by atoms with van der Waals surface area (Å²) in [6.07, 6.45) is 9.97. The van der Waals surface area contributed by atoms with Gasteiger partial charge < -0.3 is 5.32 Å². The molecule has 2 aromatic carbocycles. The first-order valence-electron chi connectivity index (χ1n) is 13.5. The Morgan fingerprint density at radius 1 is 0.944 bits per heavy atom. The zero-order valence-corrected chi connectivity index (χ0v) is 22.6. The standard InChI is InChI=1S/C30H40N2O3S/c1-21(2)13-28(25-7-5-4-6-8-25)31-29(33)20-32(36(3,34)35)27-11-9-26(10-12-27)30-17-22-14-23(18-30)16-24(15-22)19-30/h4-12,21-24,28H,13-20H2,1-3H3,(H,31,33)/t22?,23?,24?,28-,30?/m0/s1. The summed E-state index contributed by atoms with van der Waals surface area (Å²) in [6, 6.07) is 17.8. The van der Waals surface area contributed by atoms with Crippen molar-refractivity contribution in [2.24, 2.45) is 23.7 Å². The van der Waals surface area contributed by atoms with E-state index in [4.69, 9.17) is 0 Å². The van der Waals surface area contributed by atoms with Crippen LogP contribution in [0.3, 0.4) is 0 Å². The second-order valence-corrected chi connectivity index (χ2v) is 14.1. The van der Waals surface area contributed by atoms with Gasteiger partial charge in [-0.15, -0.1) is 0 Å². The number of hydrogen-bond acceptors (Lipinski definition) is 3. The van der Waals surface area contributed by atoms with Gasteiger partial charge in [0.2, 0.25) is 15.9 Å². The van der Waals surface area contributed by atoms with Crippen molar-refractivity contribution in [3.05, 3.63) is 65.7 Å². The molecule has 0 aromatic heterocycles. The Hall–Kier alpha value is -2.34. The van der Waals surface area contributed by atoms with Crippen LogP contribution in [-0.4, -0.2) is 27.1 Å². The molecule has 0 saturated heterocycles. The van der Waals surface area contributed by atoms with Crippen LogP contribution in [0.1, 0.15) is 76.0 Å². The topological polar surface area (TPSA) is 66.5 Å². The number of nitrogens with one attached hydrogen (secondary N) is 1. The molecule has 0 spiro atoms. The van der Waals surface area contributed by atoms with Crippen LogP contribution in [0.2, 0.25) is 0 Å². The molecule has 0 aliphatic heterocycles. The summed E-state index contributed by atoms with van der Waals surface area (Å²) in [7, 11) is -3.62. The van der Waals surface area contributed by atoms with E-state index in [2.05, 4.69) is 31.3 Å². The first-order valence-corrected chi connectivity index (χ1v) is 15.4. The highest BCUT2D eigenvalue weighted by atomic mass is 32.2. The van der Waals surface area contributed by atoms with Crippen LogP contribution < -0.4 is 9.62 Å². The minimum absolute atomic E-state index is 0.154. The Morgan fingerprint density at radius 2 is 1.50 bits per heavy atom. The third-order valence-corrected chi connectivity index (χ3v) is 9.88. The Morgan fingerprint density at radius 3 is 2.00 bits per heavy atom. The number of carbonyl (C=O) groups is 1. The van der Waals surface area contributed by atoms with Gasteiger partial charge in [0.1, 0.15) is 6.54 Å². The molecule has 0 heterocycles. The van der Waals surface area contributed by atoms with Crippen LogP contribution >= 0.6 is 0 Å². The molecule has 0 radical (unpaired) electrons. The summed E-state index contributed by atoms with van der Waals surface area (Å²) in [5, 5.41) is 3.09. The summed E-state index contributed by atoms with van der Waals surface area (Å²) in [6.45, 7) is 4.02. The highest BCUT2D eigenvalue weighted by molar-refractivity contribution is 7.92. The van der Waals surface area contributed by atoms with Gasteiger partial charge in [-0.05, 0) is 97.3 Å². The normalized spacial score (nSPS) is 27.7. The van der Waals surface area contributed by atoms with Crippen molar-refractivity contribution in [3.63, 3.8) is 0 Å². The predicted octanol–water partition coefficient (Wildman–Crippen LogP) is 5.82. The fourth-order valence-electron chi connectivity index (χ4n) is 7.65. The zero-order valence-electron chi connectivity index (χ0n) is 21.8. The largest absolute Gasteiger partial charge is 0.348 e. The molecule has 1 atom stereocenters. The molecule has 6 heteroatoms. The molecule has 4 bridgehead atoms. The predicted molar refractivity (Wildman–Crippen MR) is 145 cm³/mol. The highest BCUT2D eigenvalue weighted by Crippen LogP contribution is 2.60. The quantitative estimate of drug-likeness (QED) is 0.464. The lowest BCUT2D eigenvalue weighted by Gasteiger charge is -2.57. The van der Waals surface area contributed by atoms with Crippen LogP contribution in [-0.2, 0) is 20.2 Å². The van der Waals surface area contributed by atoms with Gasteiger partial charge >= 0.3 is 0 Å². The summed E-state index contributed by atoms with van der Waals surface area (Å²) in [4.78, 5) is 13.1. The van der Waals surface area contributed by atoms with Gasteiger partial charge in [0.25, 0.3) is 0 Å². The van der Waals surface area contributed by atoms with Gasteiger partial charge in [0.15, 0.2) is 0 Å². The molecule has 36 heavy (non-hydrogen) atoms. The van der Waals surface area contributed by atoms with Gasteiger partial charge in [-0.3, -0.25) is 9.10 Å². The summed E-state index contributed by atoms with van der Waals surface area (Å²) in [5.74, 6) is 2.67. The monoisotopic (exact) mass is 508 g/mol. The molecule has 1 N–H and O–H groups in total. The van der Waals surface area contributed by atoms with Crippen LogP contribution in [0, 0.1) is 23.7 Å². The Balaban J connectivity index is 1.33. The maximum atomic E-state index is 13.1. The molecular weight excluding hydrogens is 468 g/mol. The number of rotatable bonds is 9. The lowest BCUT2D eigenvalue weighted by atomic mass is 9.48. The molecule has 0 unspecified atom stereocenters. The summed E-state index contributed by atoms with van der Waals surface area (Å²) in [5.41, 5.74) is 3.20. The van der Waals surface area contributed by atoms with Crippen LogP contribution in [0.15, 0.2) is 54.6 Å². The van der Waals surface area contributed by atoms with E-state index in [0.29, 0.717) is 11.6 Å². The van der Waals surface area contributed by atoms with E-state index in [-0.39, 0.29) is 23.9 Å². The van der Waals surface area contributed by atoms with Crippen LogP contribution in [0.25, 0.3) is 0 Å². The number of sulfonamides is 1. The number of nitrogens with zero attached hydrogens (tertiary/aromatic N) is 1. The van der Waals surface area contributed by atoms with Crippen LogP contribution in [0.4, 0.5) is 5.69 Å². The molecule has 4 aliphatic carbocycles. The zero-order chi connectivity index (χ0) is 25.5. The molecular formula is C30H40N2O3S. The maximum Gasteiger partial charge on any atom is 0.241 e. The Labute approximate surface area is 216 Å². The van der Waals surface area contributed by atoms with Crippen molar-refractivity contribution in [2.45, 2.75) is 70.3 Å². The van der Waals surface area contributed by atoms with Gasteiger partial charge in [-0.25, -0.2) is 8.42 Å². The van der Waals surface area contributed by atoms with E-state index in [0.717, 1.165) is 29.7 Å². The van der Waals surface area contributed by atoms with E-state index in [1.807, 2.05) is 42.5 Å². The van der Waals surface area contributed by atoms with Gasteiger partial charge in [0, 0.05) is 0 Å². The molecule has 5 nitrogen and oxygen atoms in total. The lowest BCUT2D eigenvalue weighted by Crippen LogP contribution is -2.48. The molecule has 2 aromatic rings. The lowest BCUT2D eigenvalue weighted by molar-refractivity contribution is -0.120. The molecule has 194 valence electrons. The van der Waals surface area contributed by atoms with E-state index in [1.165, 1.54) is 54.6 Å². The third kappa shape index (κ3) is 5.34. The molecule has 1 amide bonds. The Kier molecular flexibility index (Phi) is 6.92. The van der Waals surface area contributed by atoms with Crippen molar-refractivity contribution in [2.75, 3.05) is 17.1 Å². The van der Waals surface area contributed by atoms with Crippen molar-refractivity contribution < 1.29 is 13.2 Å². The van der Waals surface area contributed by atoms with Crippen LogP contribution in [0.5, 0.6) is 0 Å². The fourth-order valence-corrected chi connectivity index (χ4v) is 8.51. The first kappa shape index (κ1) is 25.3. The summed E-state index contributed by atoms with van der Waals surface area (Å²) < 4.78 is 26.7. The number of benzene rings is 2. The SMILES string of the molecule is CC(C)C[C@H](NC(=O)CN(c1ccc(C23CC4CC(CC(C4)C2)C3)cc1)S(C)(=O)=O)c1ccccc1. The van der Waals surface area contributed by atoms with Gasteiger partial charge in [0.05, 0.1) is 18.0 Å². The van der Waals surface area contributed by atoms with Gasteiger partial charge in [-0.1, -0.05) is 56.3 Å². The molecule has 4 aliphatic rings. The van der Waals surface area contributed by atoms with E-state index in [9.17, 15) is 13.2 Å². The van der Waals surface area contributed by atoms with Crippen molar-refractivity contribution in [1.82, 2.24) is 5.32 Å². The number of carbonyl (C=O) groups excluding carboxylic acids is 1. The average Bonchev–Trinajstić information content (AvgIpc) is 2.81. The second kappa shape index (κ2) is 9.85. The van der Waals surface area contributed by atoms with E-state index >= 15 is 0 Å². The van der Waals surface area contributed by atoms with Crippen molar-refractivity contribution >= 4 is 21.6 Å². The van der Waals surface area contributed by atoms with E-state index < -0.39 is 10.0 Å². The third-order valence-electron chi connectivity index (χ3n) is 8.74. The maximum absolute atomic E-state index is 13.1. The number of amides is 1. The van der Waals surface area contributed by atoms with E-state index in [1.54, 1.807) is 0 Å². The minimum atomic E-state index is -3.62. The average molecular weight is 509 g/mol. The second-order valence-electron chi connectivity index (χ2n) is 12.2. The number of hydrogen-bond donors (Lipinski definition) is 1. The summed E-state index contributed by atoms with van der Waals surface area (Å²) >= 11 is 0. The highest BCUT2D eigenvalue weighted by Gasteiger charge is 2.51.